The molecule has 1 aliphatic heterocycles. The van der Waals surface area contributed by atoms with E-state index in [4.69, 9.17) is 0 Å². The maximum absolute atomic E-state index is 13.7. The first-order valence-corrected chi connectivity index (χ1v) is 7.74. The van der Waals surface area contributed by atoms with Gasteiger partial charge in [0.1, 0.15) is 5.82 Å². The van der Waals surface area contributed by atoms with E-state index in [0.29, 0.717) is 23.5 Å². The zero-order valence-electron chi connectivity index (χ0n) is 13.1. The molecule has 2 N–H and O–H groups in total. The molecule has 0 radical (unpaired) electrons. The highest BCUT2D eigenvalue weighted by Crippen LogP contribution is 2.21. The third kappa shape index (κ3) is 4.27. The Morgan fingerprint density at radius 3 is 2.48 bits per heavy atom. The maximum Gasteiger partial charge on any atom is 0.220 e. The number of hydrogen-bond acceptors (Lipinski definition) is 2. The number of benzene rings is 1. The van der Waals surface area contributed by atoms with Crippen LogP contribution in [-0.4, -0.2) is 19.0 Å². The van der Waals surface area contributed by atoms with E-state index in [-0.39, 0.29) is 17.8 Å². The second-order valence-corrected chi connectivity index (χ2v) is 6.16. The fourth-order valence-corrected chi connectivity index (χ4v) is 2.96. The summed E-state index contributed by atoms with van der Waals surface area (Å²) < 4.78 is 13.7. The van der Waals surface area contributed by atoms with E-state index in [1.54, 1.807) is 13.8 Å². The van der Waals surface area contributed by atoms with Gasteiger partial charge >= 0.3 is 0 Å². The second-order valence-electron chi connectivity index (χ2n) is 6.16. The third-order valence-electron chi connectivity index (χ3n) is 4.27. The standard InChI is InChI=1S/C17H25FN2O/c1-11-8-15(9-12(2)17(11)18)13(3)20-16(21)10-14-4-6-19-7-5-14/h8-9,13-14,19H,4-7,10H2,1-3H3,(H,20,21). The van der Waals surface area contributed by atoms with Crippen LogP contribution in [0.1, 0.15) is 48.9 Å². The summed E-state index contributed by atoms with van der Waals surface area (Å²) >= 11 is 0. The molecule has 3 nitrogen and oxygen atoms in total. The summed E-state index contributed by atoms with van der Waals surface area (Å²) in [6.07, 6.45) is 2.72. The topological polar surface area (TPSA) is 41.1 Å². The molecule has 0 aromatic heterocycles. The predicted octanol–water partition coefficient (Wildman–Crippen LogP) is 3.01. The minimum atomic E-state index is -0.160. The van der Waals surface area contributed by atoms with Gasteiger partial charge in [0.25, 0.3) is 0 Å². The number of rotatable bonds is 4. The predicted molar refractivity (Wildman–Crippen MR) is 82.6 cm³/mol. The first-order chi connectivity index (χ1) is 9.97. The molecule has 0 spiro atoms. The molecular weight excluding hydrogens is 267 g/mol. The Balaban J connectivity index is 1.94. The Labute approximate surface area is 126 Å². The second kappa shape index (κ2) is 7.03. The monoisotopic (exact) mass is 292 g/mol. The van der Waals surface area contributed by atoms with E-state index in [1.807, 2.05) is 19.1 Å². The fraction of sp³-hybridized carbons (Fsp3) is 0.588. The maximum atomic E-state index is 13.7. The van der Waals surface area contributed by atoms with E-state index >= 15 is 0 Å². The summed E-state index contributed by atoms with van der Waals surface area (Å²) in [5.74, 6) is 0.413. The highest BCUT2D eigenvalue weighted by molar-refractivity contribution is 5.76. The van der Waals surface area contributed by atoms with Crippen molar-refractivity contribution in [3.05, 3.63) is 34.6 Å². The number of piperidine rings is 1. The molecule has 1 saturated heterocycles. The van der Waals surface area contributed by atoms with Crippen LogP contribution < -0.4 is 10.6 Å². The van der Waals surface area contributed by atoms with Gasteiger partial charge in [-0.25, -0.2) is 4.39 Å². The Morgan fingerprint density at radius 1 is 1.33 bits per heavy atom. The molecule has 1 aromatic rings. The molecule has 21 heavy (non-hydrogen) atoms. The van der Waals surface area contributed by atoms with E-state index < -0.39 is 0 Å². The van der Waals surface area contributed by atoms with Crippen LogP contribution in [0, 0.1) is 25.6 Å². The highest BCUT2D eigenvalue weighted by atomic mass is 19.1. The van der Waals surface area contributed by atoms with E-state index in [0.717, 1.165) is 31.5 Å². The lowest BCUT2D eigenvalue weighted by atomic mass is 9.94. The van der Waals surface area contributed by atoms with Crippen LogP contribution in [-0.2, 0) is 4.79 Å². The largest absolute Gasteiger partial charge is 0.350 e. The van der Waals surface area contributed by atoms with Crippen molar-refractivity contribution in [3.8, 4) is 0 Å². The number of nitrogens with one attached hydrogen (secondary N) is 2. The van der Waals surface area contributed by atoms with Crippen molar-refractivity contribution >= 4 is 5.91 Å². The molecule has 1 amide bonds. The summed E-state index contributed by atoms with van der Waals surface area (Å²) in [6, 6.07) is 3.55. The first kappa shape index (κ1) is 16.0. The van der Waals surface area contributed by atoms with Crippen LogP contribution in [0.15, 0.2) is 12.1 Å². The van der Waals surface area contributed by atoms with Crippen LogP contribution in [0.25, 0.3) is 0 Å². The Kier molecular flexibility index (Phi) is 5.34. The summed E-state index contributed by atoms with van der Waals surface area (Å²) in [5.41, 5.74) is 2.22. The molecule has 1 aliphatic rings. The summed E-state index contributed by atoms with van der Waals surface area (Å²) in [4.78, 5) is 12.1. The van der Waals surface area contributed by atoms with Crippen molar-refractivity contribution in [2.75, 3.05) is 13.1 Å². The number of halogens is 1. The van der Waals surface area contributed by atoms with Crippen molar-refractivity contribution in [2.24, 2.45) is 5.92 Å². The normalized spacial score (nSPS) is 17.5. The number of aryl methyl sites for hydroxylation is 2. The highest BCUT2D eigenvalue weighted by Gasteiger charge is 2.18. The Bertz CT molecular complexity index is 487. The van der Waals surface area contributed by atoms with Crippen molar-refractivity contribution < 1.29 is 9.18 Å². The molecular formula is C17H25FN2O. The molecule has 0 saturated carbocycles. The van der Waals surface area contributed by atoms with Gasteiger partial charge in [0, 0.05) is 6.42 Å². The van der Waals surface area contributed by atoms with E-state index in [9.17, 15) is 9.18 Å². The Hall–Kier alpha value is -1.42. The number of hydrogen-bond donors (Lipinski definition) is 2. The van der Waals surface area contributed by atoms with Crippen LogP contribution in [0.5, 0.6) is 0 Å². The van der Waals surface area contributed by atoms with Crippen molar-refractivity contribution in [3.63, 3.8) is 0 Å². The molecule has 1 unspecified atom stereocenters. The molecule has 1 atom stereocenters. The minimum absolute atomic E-state index is 0.0859. The first-order valence-electron chi connectivity index (χ1n) is 7.74. The lowest BCUT2D eigenvalue weighted by molar-refractivity contribution is -0.122. The van der Waals surface area contributed by atoms with E-state index in [1.165, 1.54) is 0 Å². The molecule has 116 valence electrons. The smallest absolute Gasteiger partial charge is 0.220 e. The SMILES string of the molecule is Cc1cc(C(C)NC(=O)CC2CCNCC2)cc(C)c1F. The van der Waals surface area contributed by atoms with Gasteiger partial charge in [-0.1, -0.05) is 12.1 Å². The van der Waals surface area contributed by atoms with Crippen molar-refractivity contribution in [1.82, 2.24) is 10.6 Å². The van der Waals surface area contributed by atoms with Crippen molar-refractivity contribution in [2.45, 2.75) is 46.1 Å². The average Bonchev–Trinajstić information content (AvgIpc) is 2.45. The van der Waals surface area contributed by atoms with Gasteiger partial charge in [0.05, 0.1) is 6.04 Å². The van der Waals surface area contributed by atoms with Crippen LogP contribution in [0.2, 0.25) is 0 Å². The molecule has 1 heterocycles. The van der Waals surface area contributed by atoms with Gasteiger partial charge in [-0.2, -0.15) is 0 Å². The quantitative estimate of drug-likeness (QED) is 0.895. The minimum Gasteiger partial charge on any atom is -0.350 e. The van der Waals surface area contributed by atoms with Gasteiger partial charge in [-0.05, 0) is 69.3 Å². The van der Waals surface area contributed by atoms with Gasteiger partial charge in [0.2, 0.25) is 5.91 Å². The average molecular weight is 292 g/mol. The lowest BCUT2D eigenvalue weighted by Gasteiger charge is -2.23. The van der Waals surface area contributed by atoms with Gasteiger partial charge < -0.3 is 10.6 Å². The molecule has 2 rings (SSSR count). The fourth-order valence-electron chi connectivity index (χ4n) is 2.96. The zero-order valence-corrected chi connectivity index (χ0v) is 13.1. The third-order valence-corrected chi connectivity index (χ3v) is 4.27. The number of carbonyl (C=O) groups excluding carboxylic acids is 1. The van der Waals surface area contributed by atoms with Gasteiger partial charge in [-0.3, -0.25) is 4.79 Å². The molecule has 4 heteroatoms. The van der Waals surface area contributed by atoms with Gasteiger partial charge in [-0.15, -0.1) is 0 Å². The molecule has 0 bridgehead atoms. The number of carbonyl (C=O) groups is 1. The zero-order chi connectivity index (χ0) is 15.4. The lowest BCUT2D eigenvalue weighted by Crippen LogP contribution is -2.33. The van der Waals surface area contributed by atoms with E-state index in [2.05, 4.69) is 10.6 Å². The molecule has 0 aliphatic carbocycles. The summed E-state index contributed by atoms with van der Waals surface area (Å²) in [6.45, 7) is 7.48. The van der Waals surface area contributed by atoms with Crippen LogP contribution in [0.4, 0.5) is 4.39 Å². The van der Waals surface area contributed by atoms with Crippen molar-refractivity contribution in [1.29, 1.82) is 0 Å². The van der Waals surface area contributed by atoms with Crippen LogP contribution >= 0.6 is 0 Å². The molecule has 1 fully saturated rings. The van der Waals surface area contributed by atoms with Crippen LogP contribution in [0.3, 0.4) is 0 Å². The summed E-state index contributed by atoms with van der Waals surface area (Å²) in [5, 5.41) is 6.34. The van der Waals surface area contributed by atoms with Gasteiger partial charge in [0.15, 0.2) is 0 Å². The molecule has 1 aromatic carbocycles. The summed E-state index contributed by atoms with van der Waals surface area (Å²) in [7, 11) is 0. The Morgan fingerprint density at radius 2 is 1.90 bits per heavy atom. The number of amides is 1.